The van der Waals surface area contributed by atoms with E-state index < -0.39 is 4.92 Å². The molecule has 0 aromatic carbocycles. The van der Waals surface area contributed by atoms with Gasteiger partial charge in [-0.25, -0.2) is 0 Å². The molecule has 2 aromatic rings. The van der Waals surface area contributed by atoms with E-state index >= 15 is 0 Å². The summed E-state index contributed by atoms with van der Waals surface area (Å²) in [5.41, 5.74) is 0.603. The molecule has 0 aliphatic carbocycles. The molecule has 1 N–H and O–H groups in total. The van der Waals surface area contributed by atoms with E-state index in [-0.39, 0.29) is 24.2 Å². The summed E-state index contributed by atoms with van der Waals surface area (Å²) in [6, 6.07) is 3.34. The molecule has 0 aliphatic rings. The number of hydrogen-bond donors (Lipinski definition) is 1. The first-order chi connectivity index (χ1) is 10.3. The van der Waals surface area contributed by atoms with Crippen molar-refractivity contribution in [1.29, 1.82) is 0 Å². The lowest BCUT2D eigenvalue weighted by molar-refractivity contribution is -0.386. The van der Waals surface area contributed by atoms with Crippen LogP contribution in [0.4, 0.5) is 5.69 Å². The van der Waals surface area contributed by atoms with Gasteiger partial charge in [0.25, 0.3) is 0 Å². The molecule has 2 rings (SSSR count). The minimum atomic E-state index is -0.486. The third kappa shape index (κ3) is 3.16. The Morgan fingerprint density at radius 3 is 2.64 bits per heavy atom. The van der Waals surface area contributed by atoms with E-state index in [0.29, 0.717) is 17.1 Å². The monoisotopic (exact) mass is 306 g/mol. The van der Waals surface area contributed by atoms with E-state index in [4.69, 9.17) is 4.42 Å². The van der Waals surface area contributed by atoms with Crippen molar-refractivity contribution in [3.63, 3.8) is 0 Å². The van der Waals surface area contributed by atoms with Crippen molar-refractivity contribution in [2.75, 3.05) is 0 Å². The lowest BCUT2D eigenvalue weighted by Gasteiger charge is -2.12. The molecule has 22 heavy (non-hydrogen) atoms. The van der Waals surface area contributed by atoms with Crippen LogP contribution in [0.1, 0.15) is 35.9 Å². The average molecular weight is 306 g/mol. The van der Waals surface area contributed by atoms with Crippen molar-refractivity contribution in [3.05, 3.63) is 45.2 Å². The molecule has 0 bridgehead atoms. The maximum Gasteiger partial charge on any atom is 0.312 e. The maximum absolute atomic E-state index is 12.1. The number of furan rings is 1. The fraction of sp³-hybridized carbons (Fsp3) is 0.429. The van der Waals surface area contributed by atoms with Gasteiger partial charge in [-0.2, -0.15) is 5.10 Å². The van der Waals surface area contributed by atoms with Crippen LogP contribution in [0.3, 0.4) is 0 Å². The highest BCUT2D eigenvalue weighted by molar-refractivity contribution is 5.76. The molecule has 0 aliphatic heterocycles. The first-order valence-corrected chi connectivity index (χ1v) is 6.83. The van der Waals surface area contributed by atoms with E-state index in [1.807, 2.05) is 13.0 Å². The normalized spacial score (nSPS) is 12.2. The van der Waals surface area contributed by atoms with Gasteiger partial charge in [0.15, 0.2) is 0 Å². The number of carbonyl (C=O) groups is 1. The summed E-state index contributed by atoms with van der Waals surface area (Å²) in [5, 5.41) is 17.8. The number of aryl methyl sites for hydroxylation is 2. The van der Waals surface area contributed by atoms with Crippen LogP contribution in [0.2, 0.25) is 0 Å². The summed E-state index contributed by atoms with van der Waals surface area (Å²) >= 11 is 0. The average Bonchev–Trinajstić information content (AvgIpc) is 2.94. The number of nitrogens with one attached hydrogen (secondary N) is 1. The van der Waals surface area contributed by atoms with Crippen molar-refractivity contribution < 1.29 is 14.1 Å². The van der Waals surface area contributed by atoms with Gasteiger partial charge in [0.05, 0.1) is 11.0 Å². The minimum absolute atomic E-state index is 0.0532. The molecular formula is C14H18N4O4. The van der Waals surface area contributed by atoms with Crippen LogP contribution in [0.15, 0.2) is 16.5 Å². The van der Waals surface area contributed by atoms with Gasteiger partial charge in [0, 0.05) is 0 Å². The van der Waals surface area contributed by atoms with Gasteiger partial charge in [-0.1, -0.05) is 0 Å². The Balaban J connectivity index is 2.06. The van der Waals surface area contributed by atoms with E-state index in [1.54, 1.807) is 26.8 Å². The van der Waals surface area contributed by atoms with Gasteiger partial charge in [-0.15, -0.1) is 0 Å². The summed E-state index contributed by atoms with van der Waals surface area (Å²) in [5.74, 6) is 1.14. The van der Waals surface area contributed by atoms with Crippen LogP contribution >= 0.6 is 0 Å². The topological polar surface area (TPSA) is 103 Å². The molecule has 0 fully saturated rings. The molecule has 1 atom stereocenters. The molecule has 0 saturated carbocycles. The SMILES string of the molecule is Cc1ccc([C@H](C)NC(=O)Cn2nc(C)c([N+](=O)[O-])c2C)o1. The van der Waals surface area contributed by atoms with Crippen molar-refractivity contribution in [3.8, 4) is 0 Å². The molecule has 0 unspecified atom stereocenters. The number of aromatic nitrogens is 2. The van der Waals surface area contributed by atoms with Crippen molar-refractivity contribution >= 4 is 11.6 Å². The standard InChI is InChI=1S/C14H18N4O4/c1-8-5-6-12(22-8)9(2)15-13(19)7-17-11(4)14(18(20)21)10(3)16-17/h5-6,9H,7H2,1-4H3,(H,15,19)/t9-/m0/s1. The zero-order valence-corrected chi connectivity index (χ0v) is 12.9. The zero-order valence-electron chi connectivity index (χ0n) is 12.9. The van der Waals surface area contributed by atoms with Crippen molar-refractivity contribution in [2.45, 2.75) is 40.3 Å². The predicted molar refractivity (Wildman–Crippen MR) is 78.4 cm³/mol. The molecule has 2 heterocycles. The summed E-state index contributed by atoms with van der Waals surface area (Å²) in [6.45, 7) is 6.68. The smallest absolute Gasteiger partial charge is 0.312 e. The van der Waals surface area contributed by atoms with Gasteiger partial charge in [0.1, 0.15) is 29.5 Å². The molecule has 118 valence electrons. The van der Waals surface area contributed by atoms with Crippen LogP contribution in [0.25, 0.3) is 0 Å². The number of nitrogens with zero attached hydrogens (tertiary/aromatic N) is 3. The fourth-order valence-electron chi connectivity index (χ4n) is 2.29. The molecule has 2 aromatic heterocycles. The Bertz CT molecular complexity index is 716. The van der Waals surface area contributed by atoms with Crippen LogP contribution in [-0.4, -0.2) is 20.6 Å². The van der Waals surface area contributed by atoms with Crippen LogP contribution < -0.4 is 5.32 Å². The van der Waals surface area contributed by atoms with Crippen molar-refractivity contribution in [2.24, 2.45) is 0 Å². The van der Waals surface area contributed by atoms with Gasteiger partial charge < -0.3 is 9.73 Å². The van der Waals surface area contributed by atoms with Crippen LogP contribution in [0.5, 0.6) is 0 Å². The lowest BCUT2D eigenvalue weighted by atomic mass is 10.2. The highest BCUT2D eigenvalue weighted by Gasteiger charge is 2.23. The largest absolute Gasteiger partial charge is 0.464 e. The lowest BCUT2D eigenvalue weighted by Crippen LogP contribution is -2.30. The van der Waals surface area contributed by atoms with Gasteiger partial charge >= 0.3 is 5.69 Å². The Morgan fingerprint density at radius 1 is 1.45 bits per heavy atom. The van der Waals surface area contributed by atoms with E-state index in [0.717, 1.165) is 5.76 Å². The molecule has 0 spiro atoms. The van der Waals surface area contributed by atoms with E-state index in [9.17, 15) is 14.9 Å². The summed E-state index contributed by atoms with van der Waals surface area (Å²) in [7, 11) is 0. The van der Waals surface area contributed by atoms with Gasteiger partial charge in [-0.3, -0.25) is 19.6 Å². The summed E-state index contributed by atoms with van der Waals surface area (Å²) in [4.78, 5) is 22.5. The molecule has 8 heteroatoms. The highest BCUT2D eigenvalue weighted by Crippen LogP contribution is 2.21. The van der Waals surface area contributed by atoms with Crippen molar-refractivity contribution in [1.82, 2.24) is 15.1 Å². The third-order valence-corrected chi connectivity index (χ3v) is 3.38. The molecule has 0 saturated heterocycles. The number of rotatable bonds is 5. The molecule has 1 amide bonds. The molecule has 0 radical (unpaired) electrons. The Hall–Kier alpha value is -2.64. The fourth-order valence-corrected chi connectivity index (χ4v) is 2.29. The minimum Gasteiger partial charge on any atom is -0.464 e. The van der Waals surface area contributed by atoms with Crippen LogP contribution in [0, 0.1) is 30.9 Å². The summed E-state index contributed by atoms with van der Waals surface area (Å²) in [6.07, 6.45) is 0. The predicted octanol–water partition coefficient (Wildman–Crippen LogP) is 2.19. The molecular weight excluding hydrogens is 288 g/mol. The van der Waals surface area contributed by atoms with E-state index in [1.165, 1.54) is 4.68 Å². The van der Waals surface area contributed by atoms with Gasteiger partial charge in [0.2, 0.25) is 5.91 Å². The second-order valence-electron chi connectivity index (χ2n) is 5.17. The molecule has 8 nitrogen and oxygen atoms in total. The number of hydrogen-bond acceptors (Lipinski definition) is 5. The summed E-state index contributed by atoms with van der Waals surface area (Å²) < 4.78 is 6.78. The number of carbonyl (C=O) groups excluding carboxylic acids is 1. The first kappa shape index (κ1) is 15.7. The Labute approximate surface area is 127 Å². The number of amides is 1. The Kier molecular flexibility index (Phi) is 4.30. The zero-order chi connectivity index (χ0) is 16.4. The van der Waals surface area contributed by atoms with Gasteiger partial charge in [-0.05, 0) is 39.8 Å². The Morgan fingerprint density at radius 2 is 2.14 bits per heavy atom. The van der Waals surface area contributed by atoms with E-state index in [2.05, 4.69) is 10.4 Å². The first-order valence-electron chi connectivity index (χ1n) is 6.83. The van der Waals surface area contributed by atoms with Crippen LogP contribution in [-0.2, 0) is 11.3 Å². The third-order valence-electron chi connectivity index (χ3n) is 3.38. The highest BCUT2D eigenvalue weighted by atomic mass is 16.6. The second kappa shape index (κ2) is 6.00. The number of nitro groups is 1. The second-order valence-corrected chi connectivity index (χ2v) is 5.17. The maximum atomic E-state index is 12.1. The quantitative estimate of drug-likeness (QED) is 0.673.